The number of carbonyl (C=O) groups is 2. The maximum atomic E-state index is 12.4. The molecule has 0 radical (unpaired) electrons. The molecule has 1 fully saturated rings. The van der Waals surface area contributed by atoms with Gasteiger partial charge in [0.15, 0.2) is 10.8 Å². The summed E-state index contributed by atoms with van der Waals surface area (Å²) in [5.41, 5.74) is 5.10. The first kappa shape index (κ1) is 21.9. The first-order valence-corrected chi connectivity index (χ1v) is 10.7. The van der Waals surface area contributed by atoms with Crippen molar-refractivity contribution in [3.63, 3.8) is 0 Å². The molecule has 2 heterocycles. The number of nitrogens with two attached hydrogens (primary N) is 2. The molecule has 156 valence electrons. The van der Waals surface area contributed by atoms with E-state index in [1.165, 1.54) is 5.38 Å². The second-order valence-corrected chi connectivity index (χ2v) is 8.50. The SMILES string of the molecule is CO/N=C(\C(=O)N[C@@H]1C(=O)N(S(=O)(=O)O)[C@@H]1COS(N)(=O)=O)c1csc(N)n1. The Balaban J connectivity index is 2.24. The third-order valence-electron chi connectivity index (χ3n) is 3.27. The largest absolute Gasteiger partial charge is 0.398 e. The highest BCUT2D eigenvalue weighted by Gasteiger charge is 2.54. The van der Waals surface area contributed by atoms with Crippen molar-refractivity contribution in [2.75, 3.05) is 19.5 Å². The molecule has 1 aromatic rings. The van der Waals surface area contributed by atoms with Gasteiger partial charge in [0.25, 0.3) is 11.8 Å². The summed E-state index contributed by atoms with van der Waals surface area (Å²) in [6.45, 7) is -0.949. The molecule has 28 heavy (non-hydrogen) atoms. The Labute approximate surface area is 162 Å². The molecule has 1 saturated heterocycles. The number of β-lactam (4-membered cyclic amide) rings is 1. The van der Waals surface area contributed by atoms with Gasteiger partial charge >= 0.3 is 20.6 Å². The van der Waals surface area contributed by atoms with E-state index in [2.05, 4.69) is 29.6 Å². The number of nitrogens with one attached hydrogen (secondary N) is 1. The third kappa shape index (κ3) is 4.91. The average molecular weight is 458 g/mol. The van der Waals surface area contributed by atoms with Crippen LogP contribution < -0.4 is 16.2 Å². The molecule has 1 aliphatic heterocycles. The van der Waals surface area contributed by atoms with Crippen LogP contribution in [0.3, 0.4) is 0 Å². The number of nitrogen functional groups attached to an aromatic ring is 1. The van der Waals surface area contributed by atoms with Crippen molar-refractivity contribution in [1.82, 2.24) is 14.6 Å². The fraction of sp³-hybridized carbons (Fsp3) is 0.400. The van der Waals surface area contributed by atoms with Gasteiger partial charge in [0, 0.05) is 5.38 Å². The van der Waals surface area contributed by atoms with Crippen LogP contribution in [0.25, 0.3) is 0 Å². The smallest absolute Gasteiger partial charge is 0.362 e. The molecular formula is C10H14N6O9S3. The summed E-state index contributed by atoms with van der Waals surface area (Å²) < 4.78 is 57.7. The van der Waals surface area contributed by atoms with E-state index in [-0.39, 0.29) is 20.8 Å². The number of aromatic nitrogens is 1. The van der Waals surface area contributed by atoms with Gasteiger partial charge in [-0.25, -0.2) is 14.4 Å². The fourth-order valence-corrected chi connectivity index (χ4v) is 3.93. The molecule has 2 amide bonds. The Bertz CT molecular complexity index is 1020. The van der Waals surface area contributed by atoms with Crippen LogP contribution in [-0.2, 0) is 39.2 Å². The maximum absolute atomic E-state index is 12.4. The van der Waals surface area contributed by atoms with Crippen molar-refractivity contribution in [3.8, 4) is 0 Å². The van der Waals surface area contributed by atoms with Crippen molar-refractivity contribution < 1.29 is 40.0 Å². The number of oxime groups is 1. The van der Waals surface area contributed by atoms with Crippen LogP contribution in [0.15, 0.2) is 10.5 Å². The van der Waals surface area contributed by atoms with Crippen LogP contribution in [-0.4, -0.2) is 74.0 Å². The van der Waals surface area contributed by atoms with Gasteiger partial charge in [0.1, 0.15) is 24.9 Å². The second kappa shape index (κ2) is 7.93. The fourth-order valence-electron chi connectivity index (χ4n) is 2.19. The summed E-state index contributed by atoms with van der Waals surface area (Å²) in [6, 6.07) is -3.16. The minimum absolute atomic E-state index is 0.0117. The van der Waals surface area contributed by atoms with Crippen LogP contribution in [0.4, 0.5) is 5.13 Å². The van der Waals surface area contributed by atoms with E-state index in [4.69, 9.17) is 10.3 Å². The molecular weight excluding hydrogens is 444 g/mol. The summed E-state index contributed by atoms with van der Waals surface area (Å²) in [6.07, 6.45) is 0. The Morgan fingerprint density at radius 1 is 1.46 bits per heavy atom. The van der Waals surface area contributed by atoms with Gasteiger partial charge in [-0.15, -0.1) is 11.3 Å². The van der Waals surface area contributed by atoms with Crippen molar-refractivity contribution >= 4 is 54.6 Å². The zero-order chi connectivity index (χ0) is 21.3. The summed E-state index contributed by atoms with van der Waals surface area (Å²) in [4.78, 5) is 32.8. The number of thiazole rings is 1. The van der Waals surface area contributed by atoms with E-state index < -0.39 is 51.1 Å². The number of hydrogen-bond acceptors (Lipinski definition) is 12. The predicted molar refractivity (Wildman–Crippen MR) is 93.2 cm³/mol. The summed E-state index contributed by atoms with van der Waals surface area (Å²) in [5, 5.41) is 11.8. The molecule has 0 bridgehead atoms. The monoisotopic (exact) mass is 458 g/mol. The zero-order valence-electron chi connectivity index (χ0n) is 13.9. The standard InChI is InChI=1S/C10H14N6O9S3/c1-24-15-6(4-3-26-10(11)13-4)8(17)14-7-5(2-25-27(12,19)20)16(9(7)18)28(21,22)23/h3,5,7H,2H2,1H3,(H2,11,13)(H,14,17)(H2,12,19,20)(H,21,22,23)/b15-6-/t5-,7+/m1/s1. The molecule has 6 N–H and O–H groups in total. The second-order valence-electron chi connectivity index (χ2n) is 5.10. The van der Waals surface area contributed by atoms with Crippen LogP contribution >= 0.6 is 11.3 Å². The first-order chi connectivity index (χ1) is 12.8. The lowest BCUT2D eigenvalue weighted by Gasteiger charge is -2.43. The van der Waals surface area contributed by atoms with E-state index >= 15 is 0 Å². The molecule has 1 aliphatic rings. The number of hydrogen-bond donors (Lipinski definition) is 4. The van der Waals surface area contributed by atoms with Gasteiger partial charge in [-0.2, -0.15) is 16.8 Å². The van der Waals surface area contributed by atoms with Crippen molar-refractivity contribution in [3.05, 3.63) is 11.1 Å². The van der Waals surface area contributed by atoms with E-state index in [0.29, 0.717) is 0 Å². The summed E-state index contributed by atoms with van der Waals surface area (Å²) >= 11 is 0.992. The number of carbonyl (C=O) groups excluding carboxylic acids is 2. The lowest BCUT2D eigenvalue weighted by molar-refractivity contribution is -0.146. The third-order valence-corrected chi connectivity index (χ3v) is 5.36. The molecule has 1 aromatic heterocycles. The molecule has 15 nitrogen and oxygen atoms in total. The molecule has 0 aromatic carbocycles. The van der Waals surface area contributed by atoms with Gasteiger partial charge in [-0.1, -0.05) is 5.16 Å². The molecule has 2 atom stereocenters. The van der Waals surface area contributed by atoms with E-state index in [1.807, 2.05) is 0 Å². The summed E-state index contributed by atoms with van der Waals surface area (Å²) in [5.74, 6) is -2.26. The number of anilines is 1. The molecule has 0 unspecified atom stereocenters. The number of amides is 2. The van der Waals surface area contributed by atoms with E-state index in [0.717, 1.165) is 18.4 Å². The minimum atomic E-state index is -5.05. The topological polar surface area (TPSA) is 234 Å². The zero-order valence-corrected chi connectivity index (χ0v) is 16.3. The van der Waals surface area contributed by atoms with Crippen molar-refractivity contribution in [1.29, 1.82) is 0 Å². The Morgan fingerprint density at radius 2 is 2.11 bits per heavy atom. The molecule has 0 saturated carbocycles. The van der Waals surface area contributed by atoms with Crippen LogP contribution in [0.2, 0.25) is 0 Å². The molecule has 2 rings (SSSR count). The van der Waals surface area contributed by atoms with Crippen LogP contribution in [0, 0.1) is 0 Å². The van der Waals surface area contributed by atoms with E-state index in [9.17, 15) is 26.4 Å². The van der Waals surface area contributed by atoms with Crippen LogP contribution in [0.5, 0.6) is 0 Å². The predicted octanol–water partition coefficient (Wildman–Crippen LogP) is -3.21. The van der Waals surface area contributed by atoms with Gasteiger partial charge in [0.05, 0.1) is 6.61 Å². The van der Waals surface area contributed by atoms with E-state index in [1.54, 1.807) is 0 Å². The Morgan fingerprint density at radius 3 is 2.57 bits per heavy atom. The highest BCUT2D eigenvalue weighted by Crippen LogP contribution is 2.24. The molecule has 18 heteroatoms. The van der Waals surface area contributed by atoms with Gasteiger partial charge in [-0.05, 0) is 0 Å². The normalized spacial score (nSPS) is 20.6. The molecule has 0 aliphatic carbocycles. The summed E-state index contributed by atoms with van der Waals surface area (Å²) in [7, 11) is -8.40. The lowest BCUT2D eigenvalue weighted by atomic mass is 9.99. The highest BCUT2D eigenvalue weighted by molar-refractivity contribution is 7.84. The van der Waals surface area contributed by atoms with Crippen molar-refractivity contribution in [2.24, 2.45) is 10.3 Å². The molecule has 0 spiro atoms. The first-order valence-electron chi connectivity index (χ1n) is 6.96. The lowest BCUT2D eigenvalue weighted by Crippen LogP contribution is -2.73. The van der Waals surface area contributed by atoms with Crippen LogP contribution in [0.1, 0.15) is 5.69 Å². The Hall–Kier alpha value is -2.38. The van der Waals surface area contributed by atoms with Gasteiger partial charge in [-0.3, -0.25) is 18.3 Å². The minimum Gasteiger partial charge on any atom is -0.398 e. The average Bonchev–Trinajstić information content (AvgIpc) is 2.97. The maximum Gasteiger partial charge on any atom is 0.362 e. The van der Waals surface area contributed by atoms with Gasteiger partial charge in [0.2, 0.25) is 0 Å². The van der Waals surface area contributed by atoms with Crippen molar-refractivity contribution in [2.45, 2.75) is 12.1 Å². The quantitative estimate of drug-likeness (QED) is 0.131. The number of rotatable bonds is 8. The number of nitrogens with zero attached hydrogens (tertiary/aromatic N) is 3. The Kier molecular flexibility index (Phi) is 6.21. The van der Waals surface area contributed by atoms with Gasteiger partial charge < -0.3 is 15.9 Å². The highest BCUT2D eigenvalue weighted by atomic mass is 32.2.